The van der Waals surface area contributed by atoms with Gasteiger partial charge in [0.15, 0.2) is 5.82 Å². The zero-order chi connectivity index (χ0) is 22.7. The van der Waals surface area contributed by atoms with Crippen LogP contribution in [0.15, 0.2) is 82.9 Å². The summed E-state index contributed by atoms with van der Waals surface area (Å²) >= 11 is 0. The van der Waals surface area contributed by atoms with Crippen LogP contribution in [0.2, 0.25) is 0 Å². The van der Waals surface area contributed by atoms with E-state index in [1.54, 1.807) is 56.6 Å². The van der Waals surface area contributed by atoms with E-state index in [0.29, 0.717) is 23.4 Å². The average molecular weight is 486 g/mol. The van der Waals surface area contributed by atoms with E-state index in [4.69, 9.17) is 0 Å². The Hall–Kier alpha value is -3.43. The minimum atomic E-state index is -3.98. The van der Waals surface area contributed by atoms with Crippen LogP contribution in [0.3, 0.4) is 0 Å². The van der Waals surface area contributed by atoms with Crippen LogP contribution < -0.4 is 9.86 Å². The number of aromatic nitrogens is 4. The van der Waals surface area contributed by atoms with Crippen molar-refractivity contribution >= 4 is 28.1 Å². The van der Waals surface area contributed by atoms with Crippen LogP contribution >= 0.6 is 12.4 Å². The molecule has 0 fully saturated rings. The highest BCUT2D eigenvalue weighted by molar-refractivity contribution is 7.93. The van der Waals surface area contributed by atoms with Gasteiger partial charge in [-0.15, -0.1) is 12.4 Å². The van der Waals surface area contributed by atoms with Gasteiger partial charge >= 0.3 is 0 Å². The molecule has 8 nitrogen and oxygen atoms in total. The lowest BCUT2D eigenvalue weighted by Gasteiger charge is -2.23. The van der Waals surface area contributed by atoms with E-state index in [9.17, 15) is 13.2 Å². The quantitative estimate of drug-likeness (QED) is 0.431. The topological polar surface area (TPSA) is 101 Å². The molecule has 0 radical (unpaired) electrons. The molecule has 10 heteroatoms. The summed E-state index contributed by atoms with van der Waals surface area (Å²) in [4.78, 5) is 21.5. The molecule has 0 saturated heterocycles. The van der Waals surface area contributed by atoms with Crippen molar-refractivity contribution < 1.29 is 8.42 Å². The highest BCUT2D eigenvalue weighted by Crippen LogP contribution is 2.26. The van der Waals surface area contributed by atoms with E-state index in [2.05, 4.69) is 15.1 Å². The first-order chi connectivity index (χ1) is 15.4. The standard InChI is InChI=1S/C23H23N5O3S.ClH/c1-3-27(19-10-5-4-6-11-19)32(30,31)21-12-8-14-25-22(21)28-23(29)20(17(2)26-28)15-18-9-7-13-24-16-18;/h4-14,16,26H,3,15H2,1-2H3;1H. The number of halogens is 1. The van der Waals surface area contributed by atoms with Gasteiger partial charge in [-0.1, -0.05) is 24.3 Å². The number of benzene rings is 1. The van der Waals surface area contributed by atoms with Gasteiger partial charge in [0.1, 0.15) is 4.90 Å². The van der Waals surface area contributed by atoms with Crippen molar-refractivity contribution in [3.63, 3.8) is 0 Å². The van der Waals surface area contributed by atoms with Gasteiger partial charge in [0.2, 0.25) is 0 Å². The summed E-state index contributed by atoms with van der Waals surface area (Å²) in [6.07, 6.45) is 5.22. The number of pyridine rings is 2. The highest BCUT2D eigenvalue weighted by Gasteiger charge is 2.29. The Morgan fingerprint density at radius 1 is 1.03 bits per heavy atom. The third kappa shape index (κ3) is 4.69. The van der Waals surface area contributed by atoms with Crippen LogP contribution in [0, 0.1) is 6.92 Å². The molecule has 0 aliphatic rings. The average Bonchev–Trinajstić information content (AvgIpc) is 3.09. The van der Waals surface area contributed by atoms with Gasteiger partial charge < -0.3 is 0 Å². The SMILES string of the molecule is CCN(c1ccccc1)S(=O)(=O)c1cccnc1-n1[nH]c(C)c(Cc2cccnc2)c1=O.Cl. The number of para-hydroxylation sites is 1. The fraction of sp³-hybridized carbons (Fsp3) is 0.174. The zero-order valence-electron chi connectivity index (χ0n) is 18.2. The van der Waals surface area contributed by atoms with Gasteiger partial charge in [-0.3, -0.25) is 19.2 Å². The number of aryl methyl sites for hydroxylation is 1. The van der Waals surface area contributed by atoms with Gasteiger partial charge in [-0.25, -0.2) is 13.4 Å². The summed E-state index contributed by atoms with van der Waals surface area (Å²) in [5.74, 6) is 0.0346. The van der Waals surface area contributed by atoms with Crippen molar-refractivity contribution in [2.75, 3.05) is 10.8 Å². The third-order valence-electron chi connectivity index (χ3n) is 5.16. The fourth-order valence-electron chi connectivity index (χ4n) is 3.60. The normalized spacial score (nSPS) is 11.1. The third-order valence-corrected chi connectivity index (χ3v) is 7.08. The van der Waals surface area contributed by atoms with E-state index in [-0.39, 0.29) is 35.2 Å². The Kier molecular flexibility index (Phi) is 7.35. The minimum Gasteiger partial charge on any atom is -0.294 e. The number of nitrogens with zero attached hydrogens (tertiary/aromatic N) is 4. The Morgan fingerprint density at radius 3 is 2.42 bits per heavy atom. The Labute approximate surface area is 198 Å². The number of hydrogen-bond donors (Lipinski definition) is 1. The number of aromatic amines is 1. The summed E-state index contributed by atoms with van der Waals surface area (Å²) in [6.45, 7) is 3.77. The van der Waals surface area contributed by atoms with Gasteiger partial charge in [-0.05, 0) is 49.7 Å². The number of rotatable bonds is 7. The molecule has 3 heterocycles. The molecule has 1 aromatic carbocycles. The van der Waals surface area contributed by atoms with Gasteiger partial charge in [-0.2, -0.15) is 4.68 Å². The van der Waals surface area contributed by atoms with Crippen molar-refractivity contribution in [1.29, 1.82) is 0 Å². The largest absolute Gasteiger partial charge is 0.294 e. The molecule has 4 aromatic rings. The maximum Gasteiger partial charge on any atom is 0.276 e. The van der Waals surface area contributed by atoms with Gasteiger partial charge in [0.05, 0.1) is 5.69 Å². The van der Waals surface area contributed by atoms with E-state index >= 15 is 0 Å². The minimum absolute atomic E-state index is 0. The molecule has 0 spiro atoms. The molecular weight excluding hydrogens is 462 g/mol. The number of anilines is 1. The van der Waals surface area contributed by atoms with Crippen LogP contribution in [0.25, 0.3) is 5.82 Å². The van der Waals surface area contributed by atoms with Crippen LogP contribution in [-0.2, 0) is 16.4 Å². The predicted octanol–water partition coefficient (Wildman–Crippen LogP) is 3.49. The molecule has 0 saturated carbocycles. The molecule has 0 bridgehead atoms. The second kappa shape index (κ2) is 10.0. The van der Waals surface area contributed by atoms with Gasteiger partial charge in [0, 0.05) is 42.8 Å². The second-order valence-corrected chi connectivity index (χ2v) is 9.06. The summed E-state index contributed by atoms with van der Waals surface area (Å²) < 4.78 is 29.7. The lowest BCUT2D eigenvalue weighted by atomic mass is 10.1. The van der Waals surface area contributed by atoms with Crippen molar-refractivity contribution in [2.45, 2.75) is 25.2 Å². The Bertz CT molecular complexity index is 1390. The summed E-state index contributed by atoms with van der Waals surface area (Å²) in [5, 5.41) is 3.00. The Morgan fingerprint density at radius 2 is 1.76 bits per heavy atom. The van der Waals surface area contributed by atoms with Gasteiger partial charge in [0.25, 0.3) is 15.6 Å². The molecule has 172 valence electrons. The molecule has 33 heavy (non-hydrogen) atoms. The van der Waals surface area contributed by atoms with Crippen LogP contribution in [0.4, 0.5) is 5.69 Å². The van der Waals surface area contributed by atoms with Crippen LogP contribution in [0.5, 0.6) is 0 Å². The highest BCUT2D eigenvalue weighted by atomic mass is 35.5. The van der Waals surface area contributed by atoms with Crippen molar-refractivity contribution in [3.05, 3.63) is 100 Å². The van der Waals surface area contributed by atoms with E-state index in [1.807, 2.05) is 18.2 Å². The lowest BCUT2D eigenvalue weighted by molar-refractivity contribution is 0.589. The fourth-order valence-corrected chi connectivity index (χ4v) is 5.20. The number of hydrogen-bond acceptors (Lipinski definition) is 5. The first-order valence-electron chi connectivity index (χ1n) is 10.2. The first-order valence-corrected chi connectivity index (χ1v) is 11.6. The van der Waals surface area contributed by atoms with Crippen molar-refractivity contribution in [1.82, 2.24) is 19.7 Å². The summed E-state index contributed by atoms with van der Waals surface area (Å²) in [5.41, 5.74) is 2.25. The number of nitrogens with one attached hydrogen (secondary N) is 1. The van der Waals surface area contributed by atoms with E-state index < -0.39 is 10.0 Å². The maximum absolute atomic E-state index is 13.6. The molecule has 3 aromatic heterocycles. The summed E-state index contributed by atoms with van der Waals surface area (Å²) in [6, 6.07) is 15.6. The van der Waals surface area contributed by atoms with Crippen LogP contribution in [-0.4, -0.2) is 34.7 Å². The number of sulfonamides is 1. The molecule has 0 aliphatic carbocycles. The van der Waals surface area contributed by atoms with Crippen molar-refractivity contribution in [3.8, 4) is 5.82 Å². The molecule has 0 aliphatic heterocycles. The van der Waals surface area contributed by atoms with Crippen LogP contribution in [0.1, 0.15) is 23.7 Å². The number of H-pyrrole nitrogens is 1. The zero-order valence-corrected chi connectivity index (χ0v) is 19.8. The lowest BCUT2D eigenvalue weighted by Crippen LogP contribution is -2.32. The predicted molar refractivity (Wildman–Crippen MR) is 130 cm³/mol. The smallest absolute Gasteiger partial charge is 0.276 e. The summed E-state index contributed by atoms with van der Waals surface area (Å²) in [7, 11) is -3.98. The van der Waals surface area contributed by atoms with E-state index in [1.165, 1.54) is 21.3 Å². The maximum atomic E-state index is 13.6. The van der Waals surface area contributed by atoms with Crippen molar-refractivity contribution in [2.24, 2.45) is 0 Å². The molecule has 4 rings (SSSR count). The second-order valence-electron chi connectivity index (χ2n) is 7.22. The van der Waals surface area contributed by atoms with E-state index in [0.717, 1.165) is 5.56 Å². The molecule has 1 N–H and O–H groups in total. The monoisotopic (exact) mass is 485 g/mol. The molecule has 0 atom stereocenters. The molecular formula is C23H24ClN5O3S. The first kappa shape index (κ1) is 24.2. The molecule has 0 amide bonds. The Balaban J connectivity index is 0.00000306. The molecule has 0 unspecified atom stereocenters.